The van der Waals surface area contributed by atoms with Crippen molar-refractivity contribution in [3.63, 3.8) is 0 Å². The molecule has 3 aromatic carbocycles. The molecule has 3 aromatic rings. The van der Waals surface area contributed by atoms with E-state index in [0.29, 0.717) is 75.3 Å². The van der Waals surface area contributed by atoms with Crippen molar-refractivity contribution in [3.05, 3.63) is 70.8 Å². The third kappa shape index (κ3) is 3.92. The van der Waals surface area contributed by atoms with Crippen LogP contribution in [0.3, 0.4) is 0 Å². The third-order valence-corrected chi connectivity index (χ3v) is 7.38. The fourth-order valence-corrected chi connectivity index (χ4v) is 5.52. The van der Waals surface area contributed by atoms with Crippen LogP contribution in [0.5, 0.6) is 34.5 Å². The van der Waals surface area contributed by atoms with Gasteiger partial charge < -0.3 is 38.4 Å². The SMILES string of the molecule is COc1ccc(C2=C(c3ccc(OC)c(OC)c3)C3(O)c4cc(OC)c(OC)cc4CCN3C2=O)cc1OC. The van der Waals surface area contributed by atoms with Crippen molar-refractivity contribution in [2.75, 3.05) is 49.2 Å². The van der Waals surface area contributed by atoms with Crippen molar-refractivity contribution in [2.24, 2.45) is 0 Å². The van der Waals surface area contributed by atoms with Gasteiger partial charge in [-0.3, -0.25) is 4.79 Å². The summed E-state index contributed by atoms with van der Waals surface area (Å²) in [5, 5.41) is 12.7. The Morgan fingerprint density at radius 2 is 1.15 bits per heavy atom. The first-order valence-corrected chi connectivity index (χ1v) is 12.3. The Kier molecular flexibility index (Phi) is 6.78. The van der Waals surface area contributed by atoms with E-state index in [1.165, 1.54) is 19.1 Å². The summed E-state index contributed by atoms with van der Waals surface area (Å²) < 4.78 is 33.1. The van der Waals surface area contributed by atoms with E-state index in [4.69, 9.17) is 28.4 Å². The molecule has 0 radical (unpaired) electrons. The second kappa shape index (κ2) is 10.1. The minimum absolute atomic E-state index is 0.297. The zero-order valence-corrected chi connectivity index (χ0v) is 22.8. The molecule has 5 rings (SSSR count). The van der Waals surface area contributed by atoms with E-state index in [1.807, 2.05) is 6.07 Å². The van der Waals surface area contributed by atoms with Gasteiger partial charge in [0.1, 0.15) is 0 Å². The van der Waals surface area contributed by atoms with Gasteiger partial charge in [0.2, 0.25) is 0 Å². The van der Waals surface area contributed by atoms with Crippen LogP contribution in [-0.2, 0) is 16.9 Å². The number of ether oxygens (including phenoxy) is 6. The van der Waals surface area contributed by atoms with E-state index in [-0.39, 0.29) is 5.91 Å². The molecule has 2 aliphatic heterocycles. The number of carbonyl (C=O) groups is 1. The van der Waals surface area contributed by atoms with Crippen molar-refractivity contribution >= 4 is 17.1 Å². The van der Waals surface area contributed by atoms with Crippen LogP contribution < -0.4 is 28.4 Å². The van der Waals surface area contributed by atoms with Crippen LogP contribution in [0.4, 0.5) is 0 Å². The molecule has 9 heteroatoms. The first-order chi connectivity index (χ1) is 18.9. The van der Waals surface area contributed by atoms with Crippen LogP contribution in [-0.4, -0.2) is 65.1 Å². The van der Waals surface area contributed by atoms with Crippen molar-refractivity contribution < 1.29 is 38.3 Å². The normalized spacial score (nSPS) is 17.9. The quantitative estimate of drug-likeness (QED) is 0.466. The number of benzene rings is 3. The molecule has 1 unspecified atom stereocenters. The monoisotopic (exact) mass is 533 g/mol. The van der Waals surface area contributed by atoms with Crippen LogP contribution in [0.25, 0.3) is 11.1 Å². The first-order valence-electron chi connectivity index (χ1n) is 12.3. The molecule has 1 atom stereocenters. The van der Waals surface area contributed by atoms with E-state index >= 15 is 0 Å². The van der Waals surface area contributed by atoms with Crippen LogP contribution in [0.15, 0.2) is 48.5 Å². The average molecular weight is 534 g/mol. The number of methoxy groups -OCH3 is 6. The summed E-state index contributed by atoms with van der Waals surface area (Å²) in [5.41, 5.74) is 1.52. The van der Waals surface area contributed by atoms with Gasteiger partial charge in [0.15, 0.2) is 40.2 Å². The number of aliphatic hydroxyl groups is 1. The maximum atomic E-state index is 14.2. The molecule has 1 N–H and O–H groups in total. The van der Waals surface area contributed by atoms with Crippen molar-refractivity contribution in [1.29, 1.82) is 0 Å². The number of carbonyl (C=O) groups excluding carboxylic acids is 1. The van der Waals surface area contributed by atoms with E-state index < -0.39 is 5.72 Å². The van der Waals surface area contributed by atoms with Crippen molar-refractivity contribution in [3.8, 4) is 34.5 Å². The lowest BCUT2D eigenvalue weighted by Gasteiger charge is -2.41. The molecule has 0 saturated carbocycles. The summed E-state index contributed by atoms with van der Waals surface area (Å²) in [5.74, 6) is 2.67. The van der Waals surface area contributed by atoms with Crippen LogP contribution in [0.1, 0.15) is 22.3 Å². The lowest BCUT2D eigenvalue weighted by Crippen LogP contribution is -2.50. The predicted molar refractivity (Wildman–Crippen MR) is 145 cm³/mol. The largest absolute Gasteiger partial charge is 0.493 e. The maximum absolute atomic E-state index is 14.2. The Labute approximate surface area is 227 Å². The standard InChI is InChI=1S/C30H31NO8/c1-34-21-9-7-18(14-23(21)36-3)27-28(19-8-10-22(35-2)24(15-19)37-4)30(33)20-16-26(39-6)25(38-5)13-17(20)11-12-31(30)29(27)32/h7-10,13-16,33H,11-12H2,1-6H3. The molecule has 2 aliphatic rings. The van der Waals surface area contributed by atoms with Crippen molar-refractivity contribution in [1.82, 2.24) is 4.90 Å². The summed E-state index contributed by atoms with van der Waals surface area (Å²) in [6.45, 7) is 0.297. The van der Waals surface area contributed by atoms with Crippen LogP contribution in [0.2, 0.25) is 0 Å². The topological polar surface area (TPSA) is 95.9 Å². The maximum Gasteiger partial charge on any atom is 0.257 e. The Hall–Kier alpha value is -4.37. The highest BCUT2D eigenvalue weighted by molar-refractivity contribution is 6.31. The molecule has 2 heterocycles. The second-order valence-electron chi connectivity index (χ2n) is 9.13. The smallest absolute Gasteiger partial charge is 0.257 e. The van der Waals surface area contributed by atoms with Gasteiger partial charge in [-0.05, 0) is 59.5 Å². The number of hydrogen-bond donors (Lipinski definition) is 1. The molecule has 39 heavy (non-hydrogen) atoms. The highest BCUT2D eigenvalue weighted by Crippen LogP contribution is 2.55. The Bertz CT molecular complexity index is 1480. The number of nitrogens with zero attached hydrogens (tertiary/aromatic N) is 1. The molecule has 1 amide bonds. The van der Waals surface area contributed by atoms with Gasteiger partial charge in [-0.2, -0.15) is 0 Å². The molecular weight excluding hydrogens is 502 g/mol. The number of rotatable bonds is 8. The summed E-state index contributed by atoms with van der Waals surface area (Å²) in [7, 11) is 9.28. The van der Waals surface area contributed by atoms with E-state index in [1.54, 1.807) is 70.9 Å². The number of hydrogen-bond acceptors (Lipinski definition) is 8. The van der Waals surface area contributed by atoms with Gasteiger partial charge >= 0.3 is 0 Å². The summed E-state index contributed by atoms with van der Waals surface area (Å²) in [6, 6.07) is 14.2. The van der Waals surface area contributed by atoms with Gasteiger partial charge in [-0.25, -0.2) is 0 Å². The van der Waals surface area contributed by atoms with Gasteiger partial charge in [-0.1, -0.05) is 12.1 Å². The summed E-state index contributed by atoms with van der Waals surface area (Å²) >= 11 is 0. The van der Waals surface area contributed by atoms with Gasteiger partial charge in [0.05, 0.1) is 48.2 Å². The fraction of sp³-hybridized carbons (Fsp3) is 0.300. The molecular formula is C30H31NO8. The van der Waals surface area contributed by atoms with Gasteiger partial charge in [-0.15, -0.1) is 0 Å². The first kappa shape index (κ1) is 26.2. The highest BCUT2D eigenvalue weighted by Gasteiger charge is 2.55. The van der Waals surface area contributed by atoms with E-state index in [2.05, 4.69) is 0 Å². The predicted octanol–water partition coefficient (Wildman–Crippen LogP) is 3.89. The number of fused-ring (bicyclic) bond motifs is 3. The Balaban J connectivity index is 1.85. The second-order valence-corrected chi connectivity index (χ2v) is 9.13. The molecule has 0 saturated heterocycles. The fourth-order valence-electron chi connectivity index (χ4n) is 5.52. The molecule has 0 fully saturated rings. The molecule has 0 spiro atoms. The molecule has 0 aliphatic carbocycles. The van der Waals surface area contributed by atoms with Crippen LogP contribution >= 0.6 is 0 Å². The lowest BCUT2D eigenvalue weighted by molar-refractivity contribution is -0.142. The van der Waals surface area contributed by atoms with E-state index in [9.17, 15) is 9.90 Å². The van der Waals surface area contributed by atoms with E-state index in [0.717, 1.165) is 5.56 Å². The van der Waals surface area contributed by atoms with Gasteiger partial charge in [0.25, 0.3) is 5.91 Å². The average Bonchev–Trinajstić information content (AvgIpc) is 3.22. The lowest BCUT2D eigenvalue weighted by atomic mass is 9.82. The summed E-state index contributed by atoms with van der Waals surface area (Å²) in [4.78, 5) is 15.7. The molecule has 0 bridgehead atoms. The van der Waals surface area contributed by atoms with Crippen LogP contribution in [0, 0.1) is 0 Å². The van der Waals surface area contributed by atoms with Gasteiger partial charge in [0, 0.05) is 17.7 Å². The minimum atomic E-state index is -1.80. The highest BCUT2D eigenvalue weighted by atomic mass is 16.5. The summed E-state index contributed by atoms with van der Waals surface area (Å²) in [6.07, 6.45) is 0.530. The Morgan fingerprint density at radius 1 is 0.667 bits per heavy atom. The molecule has 204 valence electrons. The Morgan fingerprint density at radius 3 is 1.72 bits per heavy atom. The molecule has 0 aromatic heterocycles. The number of amides is 1. The zero-order valence-electron chi connectivity index (χ0n) is 22.8. The minimum Gasteiger partial charge on any atom is -0.493 e. The molecule has 9 nitrogen and oxygen atoms in total. The van der Waals surface area contributed by atoms with Crippen molar-refractivity contribution in [2.45, 2.75) is 12.1 Å². The zero-order chi connectivity index (χ0) is 27.9. The third-order valence-electron chi connectivity index (χ3n) is 7.38.